The number of likely N-dealkylation sites (tertiary alicyclic amines) is 1. The number of carbonyl (C=O) groups excluding carboxylic acids is 1. The molecule has 1 aliphatic rings. The highest BCUT2D eigenvalue weighted by Crippen LogP contribution is 2.22. The van der Waals surface area contributed by atoms with Crippen LogP contribution in [0.25, 0.3) is 0 Å². The second kappa shape index (κ2) is 7.36. The van der Waals surface area contributed by atoms with Gasteiger partial charge in [0.2, 0.25) is 0 Å². The molecule has 0 saturated carbocycles. The molecule has 112 valence electrons. The number of nitrogens with zero attached hydrogens (tertiary/aromatic N) is 1. The molecule has 2 unspecified atom stereocenters. The van der Waals surface area contributed by atoms with Gasteiger partial charge in [-0.15, -0.1) is 12.4 Å². The van der Waals surface area contributed by atoms with Crippen molar-refractivity contribution in [3.8, 4) is 11.5 Å². The molecular weight excluding hydrogens is 280 g/mol. The summed E-state index contributed by atoms with van der Waals surface area (Å²) in [4.78, 5) is 13.9. The number of amides is 1. The zero-order valence-electron chi connectivity index (χ0n) is 11.5. The minimum absolute atomic E-state index is 0. The Morgan fingerprint density at radius 1 is 1.45 bits per heavy atom. The van der Waals surface area contributed by atoms with Gasteiger partial charge in [-0.2, -0.15) is 0 Å². The number of hydrogen-bond acceptors (Lipinski definition) is 4. The fourth-order valence-electron chi connectivity index (χ4n) is 2.43. The fraction of sp³-hybridized carbons (Fsp3) is 0.500. The third-order valence-corrected chi connectivity index (χ3v) is 3.51. The predicted octanol–water partition coefficient (Wildman–Crippen LogP) is 1.39. The van der Waals surface area contributed by atoms with E-state index in [0.717, 1.165) is 13.0 Å². The molecule has 2 atom stereocenters. The van der Waals surface area contributed by atoms with Crippen LogP contribution < -0.4 is 10.5 Å². The molecule has 2 rings (SSSR count). The van der Waals surface area contributed by atoms with Crippen LogP contribution in [0.1, 0.15) is 13.3 Å². The molecular formula is C14H21ClN2O3. The molecule has 1 fully saturated rings. The molecule has 0 radical (unpaired) electrons. The van der Waals surface area contributed by atoms with Crippen LogP contribution in [0.2, 0.25) is 0 Å². The number of carbonyl (C=O) groups is 1. The SMILES string of the molecule is CC1CC(CN)CN1C(=O)COc1ccc(O)cc1.Cl. The number of nitrogens with two attached hydrogens (primary N) is 1. The third-order valence-electron chi connectivity index (χ3n) is 3.51. The molecule has 6 heteroatoms. The summed E-state index contributed by atoms with van der Waals surface area (Å²) in [6.07, 6.45) is 0.960. The van der Waals surface area contributed by atoms with Crippen LogP contribution >= 0.6 is 12.4 Å². The lowest BCUT2D eigenvalue weighted by atomic mass is 10.1. The topological polar surface area (TPSA) is 75.8 Å². The molecule has 0 bridgehead atoms. The first-order valence-corrected chi connectivity index (χ1v) is 6.51. The van der Waals surface area contributed by atoms with Crippen LogP contribution in [0.4, 0.5) is 0 Å². The average Bonchev–Trinajstić information content (AvgIpc) is 2.79. The highest BCUT2D eigenvalue weighted by atomic mass is 35.5. The van der Waals surface area contributed by atoms with Crippen LogP contribution in [0.3, 0.4) is 0 Å². The number of halogens is 1. The first-order valence-electron chi connectivity index (χ1n) is 6.51. The van der Waals surface area contributed by atoms with Gasteiger partial charge in [0.05, 0.1) is 0 Å². The van der Waals surface area contributed by atoms with Crippen molar-refractivity contribution in [1.82, 2.24) is 4.90 Å². The quantitative estimate of drug-likeness (QED) is 0.881. The van der Waals surface area contributed by atoms with E-state index in [2.05, 4.69) is 0 Å². The minimum Gasteiger partial charge on any atom is -0.508 e. The van der Waals surface area contributed by atoms with Gasteiger partial charge in [-0.25, -0.2) is 0 Å². The summed E-state index contributed by atoms with van der Waals surface area (Å²) in [7, 11) is 0. The van der Waals surface area contributed by atoms with Gasteiger partial charge in [-0.05, 0) is 50.1 Å². The summed E-state index contributed by atoms with van der Waals surface area (Å²) in [6, 6.07) is 6.56. The molecule has 1 aromatic rings. The Morgan fingerprint density at radius 3 is 2.65 bits per heavy atom. The van der Waals surface area contributed by atoms with Crippen LogP contribution in [0.5, 0.6) is 11.5 Å². The molecule has 5 nitrogen and oxygen atoms in total. The van der Waals surface area contributed by atoms with Gasteiger partial charge in [0.15, 0.2) is 6.61 Å². The Labute approximate surface area is 125 Å². The number of benzene rings is 1. The molecule has 0 spiro atoms. The molecule has 1 aromatic carbocycles. The Balaban J connectivity index is 0.00000200. The number of aromatic hydroxyl groups is 1. The maximum atomic E-state index is 12.1. The van der Waals surface area contributed by atoms with E-state index in [9.17, 15) is 4.79 Å². The molecule has 1 aliphatic heterocycles. The second-order valence-electron chi connectivity index (χ2n) is 5.02. The van der Waals surface area contributed by atoms with E-state index < -0.39 is 0 Å². The van der Waals surface area contributed by atoms with E-state index in [1.807, 2.05) is 11.8 Å². The summed E-state index contributed by atoms with van der Waals surface area (Å²) >= 11 is 0. The van der Waals surface area contributed by atoms with Crippen LogP contribution in [0, 0.1) is 5.92 Å². The standard InChI is InChI=1S/C14H20N2O3.ClH/c1-10-6-11(7-15)8-16(10)14(18)9-19-13-4-2-12(17)3-5-13;/h2-5,10-11,17H,6-9,15H2,1H3;1H. The van der Waals surface area contributed by atoms with E-state index in [0.29, 0.717) is 18.2 Å². The van der Waals surface area contributed by atoms with E-state index in [1.54, 1.807) is 12.1 Å². The Bertz CT molecular complexity index is 439. The fourth-order valence-corrected chi connectivity index (χ4v) is 2.43. The van der Waals surface area contributed by atoms with Crippen molar-refractivity contribution >= 4 is 18.3 Å². The zero-order valence-corrected chi connectivity index (χ0v) is 12.3. The van der Waals surface area contributed by atoms with E-state index in [4.69, 9.17) is 15.6 Å². The van der Waals surface area contributed by atoms with Crippen molar-refractivity contribution in [2.24, 2.45) is 11.7 Å². The smallest absolute Gasteiger partial charge is 0.260 e. The molecule has 1 heterocycles. The Hall–Kier alpha value is -1.46. The van der Waals surface area contributed by atoms with E-state index in [-0.39, 0.29) is 36.7 Å². The monoisotopic (exact) mass is 300 g/mol. The predicted molar refractivity (Wildman–Crippen MR) is 79.2 cm³/mol. The lowest BCUT2D eigenvalue weighted by Gasteiger charge is -2.21. The van der Waals surface area contributed by atoms with Gasteiger partial charge < -0.3 is 20.5 Å². The number of phenolic OH excluding ortho intramolecular Hbond substituents is 1. The van der Waals surface area contributed by atoms with Crippen molar-refractivity contribution in [2.45, 2.75) is 19.4 Å². The zero-order chi connectivity index (χ0) is 13.8. The molecule has 1 saturated heterocycles. The van der Waals surface area contributed by atoms with Gasteiger partial charge in [-0.3, -0.25) is 4.79 Å². The lowest BCUT2D eigenvalue weighted by molar-refractivity contribution is -0.134. The van der Waals surface area contributed by atoms with Gasteiger partial charge in [0.1, 0.15) is 11.5 Å². The summed E-state index contributed by atoms with van der Waals surface area (Å²) in [5, 5.41) is 9.16. The van der Waals surface area contributed by atoms with Gasteiger partial charge in [0.25, 0.3) is 5.91 Å². The molecule has 20 heavy (non-hydrogen) atoms. The summed E-state index contributed by atoms with van der Waals surface area (Å²) in [5.41, 5.74) is 5.64. The van der Waals surface area contributed by atoms with Crippen molar-refractivity contribution in [2.75, 3.05) is 19.7 Å². The summed E-state index contributed by atoms with van der Waals surface area (Å²) < 4.78 is 5.42. The normalized spacial score (nSPS) is 21.4. The first-order chi connectivity index (χ1) is 9.10. The Kier molecular flexibility index (Phi) is 6.10. The maximum absolute atomic E-state index is 12.1. The van der Waals surface area contributed by atoms with Crippen LogP contribution in [-0.4, -0.2) is 41.7 Å². The Morgan fingerprint density at radius 2 is 2.10 bits per heavy atom. The van der Waals surface area contributed by atoms with Crippen LogP contribution in [0.15, 0.2) is 24.3 Å². The van der Waals surface area contributed by atoms with Crippen LogP contribution in [-0.2, 0) is 4.79 Å². The molecule has 1 amide bonds. The number of rotatable bonds is 4. The van der Waals surface area contributed by atoms with Crippen molar-refractivity contribution in [3.05, 3.63) is 24.3 Å². The molecule has 3 N–H and O–H groups in total. The first kappa shape index (κ1) is 16.6. The molecule has 0 aliphatic carbocycles. The van der Waals surface area contributed by atoms with Gasteiger partial charge in [0, 0.05) is 12.6 Å². The summed E-state index contributed by atoms with van der Waals surface area (Å²) in [5.74, 6) is 1.13. The maximum Gasteiger partial charge on any atom is 0.260 e. The number of hydrogen-bond donors (Lipinski definition) is 2. The largest absolute Gasteiger partial charge is 0.508 e. The lowest BCUT2D eigenvalue weighted by Crippen LogP contribution is -2.37. The van der Waals surface area contributed by atoms with Crippen molar-refractivity contribution in [3.63, 3.8) is 0 Å². The van der Waals surface area contributed by atoms with Crippen molar-refractivity contribution in [1.29, 1.82) is 0 Å². The highest BCUT2D eigenvalue weighted by molar-refractivity contribution is 5.85. The van der Waals surface area contributed by atoms with Crippen molar-refractivity contribution < 1.29 is 14.6 Å². The van der Waals surface area contributed by atoms with Gasteiger partial charge >= 0.3 is 0 Å². The number of phenols is 1. The average molecular weight is 301 g/mol. The highest BCUT2D eigenvalue weighted by Gasteiger charge is 2.31. The minimum atomic E-state index is -0.0171. The van der Waals surface area contributed by atoms with E-state index >= 15 is 0 Å². The second-order valence-corrected chi connectivity index (χ2v) is 5.02. The van der Waals surface area contributed by atoms with E-state index in [1.165, 1.54) is 12.1 Å². The third kappa shape index (κ3) is 4.02. The summed E-state index contributed by atoms with van der Waals surface area (Å²) in [6.45, 7) is 3.39. The number of ether oxygens (including phenoxy) is 1. The molecule has 0 aromatic heterocycles. The van der Waals surface area contributed by atoms with Gasteiger partial charge in [-0.1, -0.05) is 0 Å².